The molecule has 0 aliphatic carbocycles. The third kappa shape index (κ3) is 3.89. The molecule has 0 aliphatic heterocycles. The molecule has 6 heteroatoms. The minimum Gasteiger partial charge on any atom is -0.465 e. The van der Waals surface area contributed by atoms with E-state index in [2.05, 4.69) is 10.1 Å². The lowest BCUT2D eigenvalue weighted by Crippen LogP contribution is -2.23. The fourth-order valence-corrected chi connectivity index (χ4v) is 1.44. The number of carbonyl (C=O) groups is 1. The molecule has 5 nitrogen and oxygen atoms in total. The number of rotatable bonds is 5. The predicted octanol–water partition coefficient (Wildman–Crippen LogP) is 0.892. The lowest BCUT2D eigenvalue weighted by Gasteiger charge is -2.12. The first-order valence-electron chi connectivity index (χ1n) is 4.99. The van der Waals surface area contributed by atoms with E-state index < -0.39 is 12.1 Å². The predicted molar refractivity (Wildman–Crippen MR) is 64.4 cm³/mol. The third-order valence-electron chi connectivity index (χ3n) is 2.13. The van der Waals surface area contributed by atoms with Gasteiger partial charge < -0.3 is 20.3 Å². The summed E-state index contributed by atoms with van der Waals surface area (Å²) in [6, 6.07) is 4.64. The van der Waals surface area contributed by atoms with E-state index in [4.69, 9.17) is 21.8 Å². The molecule has 0 radical (unpaired) electrons. The van der Waals surface area contributed by atoms with Crippen molar-refractivity contribution in [1.29, 1.82) is 0 Å². The summed E-state index contributed by atoms with van der Waals surface area (Å²) in [5.41, 5.74) is 0.928. The Kier molecular flexibility index (Phi) is 5.21. The van der Waals surface area contributed by atoms with Gasteiger partial charge in [-0.05, 0) is 18.2 Å². The van der Waals surface area contributed by atoms with Gasteiger partial charge in [0.05, 0.1) is 36.1 Å². The van der Waals surface area contributed by atoms with Crippen LogP contribution in [0.2, 0.25) is 5.02 Å². The van der Waals surface area contributed by atoms with Gasteiger partial charge in [-0.25, -0.2) is 4.79 Å². The van der Waals surface area contributed by atoms with Crippen LogP contribution in [0.15, 0.2) is 18.2 Å². The molecule has 1 unspecified atom stereocenters. The molecule has 1 rings (SSSR count). The largest absolute Gasteiger partial charge is 0.465 e. The van der Waals surface area contributed by atoms with Crippen LogP contribution >= 0.6 is 11.6 Å². The van der Waals surface area contributed by atoms with Crippen LogP contribution < -0.4 is 5.32 Å². The van der Waals surface area contributed by atoms with E-state index in [0.717, 1.165) is 0 Å². The van der Waals surface area contributed by atoms with Crippen molar-refractivity contribution in [3.05, 3.63) is 28.8 Å². The highest BCUT2D eigenvalue weighted by molar-refractivity contribution is 6.33. The first-order chi connectivity index (χ1) is 8.08. The number of anilines is 1. The number of methoxy groups -OCH3 is 1. The van der Waals surface area contributed by atoms with Crippen molar-refractivity contribution in [1.82, 2.24) is 0 Å². The molecule has 1 aromatic rings. The first-order valence-corrected chi connectivity index (χ1v) is 5.37. The molecule has 1 atom stereocenters. The second-order valence-electron chi connectivity index (χ2n) is 3.40. The maximum atomic E-state index is 11.2. The van der Waals surface area contributed by atoms with Gasteiger partial charge in [0.25, 0.3) is 0 Å². The summed E-state index contributed by atoms with van der Waals surface area (Å²) >= 11 is 5.94. The van der Waals surface area contributed by atoms with E-state index >= 15 is 0 Å². The number of nitrogens with one attached hydrogen (secondary N) is 1. The molecule has 0 bridgehead atoms. The molecule has 0 saturated heterocycles. The number of esters is 1. The molecule has 0 heterocycles. The van der Waals surface area contributed by atoms with Gasteiger partial charge in [-0.2, -0.15) is 0 Å². The fourth-order valence-electron chi connectivity index (χ4n) is 1.20. The van der Waals surface area contributed by atoms with Crippen LogP contribution in [0.3, 0.4) is 0 Å². The zero-order valence-electron chi connectivity index (χ0n) is 9.31. The topological polar surface area (TPSA) is 78.8 Å². The van der Waals surface area contributed by atoms with Crippen molar-refractivity contribution in [3.8, 4) is 0 Å². The van der Waals surface area contributed by atoms with E-state index in [1.165, 1.54) is 13.2 Å². The Morgan fingerprint density at radius 2 is 2.29 bits per heavy atom. The Labute approximate surface area is 104 Å². The average Bonchev–Trinajstić information content (AvgIpc) is 2.35. The Morgan fingerprint density at radius 1 is 1.59 bits per heavy atom. The smallest absolute Gasteiger partial charge is 0.337 e. The maximum absolute atomic E-state index is 11.2. The molecular formula is C11H14ClNO4. The van der Waals surface area contributed by atoms with Crippen molar-refractivity contribution in [2.24, 2.45) is 0 Å². The standard InChI is InChI=1S/C11H14ClNO4/c1-17-11(16)7-2-3-10(9(12)4-7)13-5-8(15)6-14/h2-4,8,13-15H,5-6H2,1H3. The molecule has 0 aliphatic rings. The van der Waals surface area contributed by atoms with Crippen LogP contribution in [-0.4, -0.2) is 42.5 Å². The highest BCUT2D eigenvalue weighted by Gasteiger charge is 2.09. The number of aliphatic hydroxyl groups is 2. The highest BCUT2D eigenvalue weighted by Crippen LogP contribution is 2.23. The summed E-state index contributed by atoms with van der Waals surface area (Å²) in [7, 11) is 1.29. The number of benzene rings is 1. The number of hydrogen-bond donors (Lipinski definition) is 3. The average molecular weight is 260 g/mol. The second-order valence-corrected chi connectivity index (χ2v) is 3.81. The highest BCUT2D eigenvalue weighted by atomic mass is 35.5. The van der Waals surface area contributed by atoms with E-state index in [9.17, 15) is 4.79 Å². The maximum Gasteiger partial charge on any atom is 0.337 e. The zero-order valence-corrected chi connectivity index (χ0v) is 10.1. The molecule has 94 valence electrons. The van der Waals surface area contributed by atoms with Crippen molar-refractivity contribution in [2.75, 3.05) is 25.6 Å². The minimum absolute atomic E-state index is 0.174. The molecule has 0 fully saturated rings. The molecule has 0 amide bonds. The monoisotopic (exact) mass is 259 g/mol. The number of carbonyl (C=O) groups excluding carboxylic acids is 1. The van der Waals surface area contributed by atoms with Crippen LogP contribution in [-0.2, 0) is 4.74 Å². The fraction of sp³-hybridized carbons (Fsp3) is 0.364. The SMILES string of the molecule is COC(=O)c1ccc(NCC(O)CO)c(Cl)c1. The lowest BCUT2D eigenvalue weighted by atomic mass is 10.2. The lowest BCUT2D eigenvalue weighted by molar-refractivity contribution is 0.0600. The summed E-state index contributed by atoms with van der Waals surface area (Å²) in [4.78, 5) is 11.2. The Hall–Kier alpha value is -1.30. The molecular weight excluding hydrogens is 246 g/mol. The van der Waals surface area contributed by atoms with Gasteiger partial charge in [0.15, 0.2) is 0 Å². The Bertz CT molecular complexity index is 397. The Balaban J connectivity index is 2.73. The van der Waals surface area contributed by atoms with Gasteiger partial charge >= 0.3 is 5.97 Å². The second kappa shape index (κ2) is 6.44. The molecule has 0 aromatic heterocycles. The van der Waals surface area contributed by atoms with Crippen molar-refractivity contribution in [2.45, 2.75) is 6.10 Å². The Morgan fingerprint density at radius 3 is 2.82 bits per heavy atom. The van der Waals surface area contributed by atoms with Gasteiger partial charge in [-0.3, -0.25) is 0 Å². The summed E-state index contributed by atoms with van der Waals surface area (Å²) < 4.78 is 4.56. The van der Waals surface area contributed by atoms with Gasteiger partial charge in [0.2, 0.25) is 0 Å². The normalized spacial score (nSPS) is 12.0. The van der Waals surface area contributed by atoms with Crippen LogP contribution in [0.25, 0.3) is 0 Å². The summed E-state index contributed by atoms with van der Waals surface area (Å²) in [6.07, 6.45) is -0.855. The first kappa shape index (κ1) is 13.8. The van der Waals surface area contributed by atoms with E-state index in [1.807, 2.05) is 0 Å². The minimum atomic E-state index is -0.855. The van der Waals surface area contributed by atoms with E-state index in [-0.39, 0.29) is 13.2 Å². The molecule has 0 saturated carbocycles. The molecule has 1 aromatic carbocycles. The van der Waals surface area contributed by atoms with Crippen LogP contribution in [0.5, 0.6) is 0 Å². The van der Waals surface area contributed by atoms with Crippen LogP contribution in [0.1, 0.15) is 10.4 Å². The summed E-state index contributed by atoms with van der Waals surface area (Å²) in [5.74, 6) is -0.464. The quantitative estimate of drug-likeness (QED) is 0.685. The zero-order chi connectivity index (χ0) is 12.8. The van der Waals surface area contributed by atoms with Gasteiger partial charge in [-0.15, -0.1) is 0 Å². The van der Waals surface area contributed by atoms with Crippen molar-refractivity contribution < 1.29 is 19.7 Å². The van der Waals surface area contributed by atoms with E-state index in [1.54, 1.807) is 12.1 Å². The van der Waals surface area contributed by atoms with E-state index in [0.29, 0.717) is 16.3 Å². The number of halogens is 1. The van der Waals surface area contributed by atoms with Gasteiger partial charge in [0, 0.05) is 6.54 Å². The van der Waals surface area contributed by atoms with Crippen LogP contribution in [0.4, 0.5) is 5.69 Å². The summed E-state index contributed by atoms with van der Waals surface area (Å²) in [5, 5.41) is 21.0. The summed E-state index contributed by atoms with van der Waals surface area (Å²) in [6.45, 7) is -0.154. The number of ether oxygens (including phenoxy) is 1. The molecule has 0 spiro atoms. The number of hydrogen-bond acceptors (Lipinski definition) is 5. The molecule has 3 N–H and O–H groups in total. The molecule has 17 heavy (non-hydrogen) atoms. The van der Waals surface area contributed by atoms with Crippen molar-refractivity contribution in [3.63, 3.8) is 0 Å². The van der Waals surface area contributed by atoms with Gasteiger partial charge in [0.1, 0.15) is 0 Å². The number of aliphatic hydroxyl groups excluding tert-OH is 2. The third-order valence-corrected chi connectivity index (χ3v) is 2.44. The van der Waals surface area contributed by atoms with Gasteiger partial charge in [-0.1, -0.05) is 11.6 Å². The van der Waals surface area contributed by atoms with Crippen molar-refractivity contribution >= 4 is 23.3 Å². The van der Waals surface area contributed by atoms with Crippen LogP contribution in [0, 0.1) is 0 Å².